The third kappa shape index (κ3) is 3.58. The van der Waals surface area contributed by atoms with Gasteiger partial charge in [-0.25, -0.2) is 0 Å². The van der Waals surface area contributed by atoms with Crippen molar-refractivity contribution in [1.82, 2.24) is 9.80 Å². The molecule has 128 valence electrons. The average molecular weight is 361 g/mol. The summed E-state index contributed by atoms with van der Waals surface area (Å²) < 4.78 is 0. The Morgan fingerprint density at radius 3 is 2.71 bits per heavy atom. The number of carbonyl (C=O) groups excluding carboxylic acids is 1. The normalized spacial score (nSPS) is 19.1. The van der Waals surface area contributed by atoms with Crippen molar-refractivity contribution >= 4 is 28.6 Å². The lowest BCUT2D eigenvalue weighted by Gasteiger charge is -2.34. The number of nitrogens with zero attached hydrogens (tertiary/aromatic N) is 2. The van der Waals surface area contributed by atoms with Crippen molar-refractivity contribution in [2.75, 3.05) is 26.2 Å². The van der Waals surface area contributed by atoms with Crippen LogP contribution in [-0.2, 0) is 19.4 Å². The molecule has 1 fully saturated rings. The predicted molar refractivity (Wildman–Crippen MR) is 101 cm³/mol. The summed E-state index contributed by atoms with van der Waals surface area (Å²) in [5.74, 6) is 0.253. The van der Waals surface area contributed by atoms with Gasteiger partial charge in [0, 0.05) is 37.6 Å². The number of amides is 1. The fourth-order valence-electron chi connectivity index (χ4n) is 3.68. The molecule has 0 spiro atoms. The van der Waals surface area contributed by atoms with E-state index in [0.717, 1.165) is 44.0 Å². The first-order chi connectivity index (χ1) is 11.8. The molecule has 2 aliphatic rings. The molecule has 5 heteroatoms. The second-order valence-electron chi connectivity index (χ2n) is 6.82. The summed E-state index contributed by atoms with van der Waals surface area (Å²) in [7, 11) is 0. The van der Waals surface area contributed by atoms with Crippen LogP contribution >= 0.6 is 22.7 Å². The van der Waals surface area contributed by atoms with E-state index in [9.17, 15) is 4.79 Å². The maximum absolute atomic E-state index is 12.8. The Labute approximate surface area is 151 Å². The van der Waals surface area contributed by atoms with Crippen LogP contribution in [0, 0.1) is 0 Å². The summed E-state index contributed by atoms with van der Waals surface area (Å²) in [5.41, 5.74) is 2.83. The van der Waals surface area contributed by atoms with E-state index in [1.165, 1.54) is 41.7 Å². The first-order valence-electron chi connectivity index (χ1n) is 8.94. The van der Waals surface area contributed by atoms with Crippen molar-refractivity contribution in [2.24, 2.45) is 0 Å². The Kier molecular flexibility index (Phi) is 5.01. The van der Waals surface area contributed by atoms with E-state index in [0.29, 0.717) is 0 Å². The zero-order valence-electron chi connectivity index (χ0n) is 14.0. The average Bonchev–Trinajstić information content (AvgIpc) is 3.20. The minimum absolute atomic E-state index is 0.253. The van der Waals surface area contributed by atoms with E-state index >= 15 is 0 Å². The van der Waals surface area contributed by atoms with E-state index in [1.54, 1.807) is 22.7 Å². The standard InChI is InChI=1S/C19H24N2OS2/c22-19(18-12-16-4-2-1-3-5-17(16)24-18)21-9-7-20(8-10-21)13-15-6-11-23-14-15/h6,11-12,14H,1-5,7-10,13H2. The highest BCUT2D eigenvalue weighted by Crippen LogP contribution is 2.30. The molecule has 3 heterocycles. The highest BCUT2D eigenvalue weighted by molar-refractivity contribution is 7.14. The van der Waals surface area contributed by atoms with Gasteiger partial charge in [-0.15, -0.1) is 11.3 Å². The molecule has 1 saturated heterocycles. The molecule has 4 rings (SSSR count). The minimum Gasteiger partial charge on any atom is -0.335 e. The van der Waals surface area contributed by atoms with Gasteiger partial charge in [-0.05, 0) is 59.7 Å². The Hall–Kier alpha value is -1.17. The lowest BCUT2D eigenvalue weighted by Crippen LogP contribution is -2.48. The van der Waals surface area contributed by atoms with Gasteiger partial charge in [0.15, 0.2) is 0 Å². The summed E-state index contributed by atoms with van der Waals surface area (Å²) in [6, 6.07) is 4.38. The second-order valence-corrected chi connectivity index (χ2v) is 8.74. The number of rotatable bonds is 3. The lowest BCUT2D eigenvalue weighted by molar-refractivity contribution is 0.0633. The van der Waals surface area contributed by atoms with Gasteiger partial charge in [0.05, 0.1) is 4.88 Å². The van der Waals surface area contributed by atoms with Gasteiger partial charge in [-0.3, -0.25) is 9.69 Å². The molecule has 0 atom stereocenters. The molecule has 3 nitrogen and oxygen atoms in total. The number of hydrogen-bond acceptors (Lipinski definition) is 4. The highest BCUT2D eigenvalue weighted by Gasteiger charge is 2.24. The van der Waals surface area contributed by atoms with Crippen molar-refractivity contribution in [3.05, 3.63) is 43.8 Å². The van der Waals surface area contributed by atoms with Crippen molar-refractivity contribution in [3.63, 3.8) is 0 Å². The Morgan fingerprint density at radius 2 is 1.92 bits per heavy atom. The maximum atomic E-state index is 12.8. The molecule has 1 aliphatic heterocycles. The number of thiophene rings is 2. The van der Waals surface area contributed by atoms with Crippen LogP contribution in [0.2, 0.25) is 0 Å². The molecule has 2 aromatic rings. The first kappa shape index (κ1) is 16.3. The molecule has 0 N–H and O–H groups in total. The van der Waals surface area contributed by atoms with Crippen molar-refractivity contribution in [1.29, 1.82) is 0 Å². The Bertz CT molecular complexity index is 661. The SMILES string of the molecule is O=C(c1cc2c(s1)CCCCC2)N1CCN(Cc2ccsc2)CC1. The summed E-state index contributed by atoms with van der Waals surface area (Å²) in [4.78, 5) is 19.8. The van der Waals surface area contributed by atoms with Crippen LogP contribution in [0.25, 0.3) is 0 Å². The van der Waals surface area contributed by atoms with E-state index < -0.39 is 0 Å². The molecule has 1 amide bonds. The van der Waals surface area contributed by atoms with Gasteiger partial charge >= 0.3 is 0 Å². The lowest BCUT2D eigenvalue weighted by atomic mass is 10.1. The van der Waals surface area contributed by atoms with Gasteiger partial charge < -0.3 is 4.90 Å². The van der Waals surface area contributed by atoms with Crippen LogP contribution in [-0.4, -0.2) is 41.9 Å². The number of aryl methyl sites for hydroxylation is 2. The number of hydrogen-bond donors (Lipinski definition) is 0. The second kappa shape index (κ2) is 7.38. The first-order valence-corrected chi connectivity index (χ1v) is 10.7. The molecule has 0 radical (unpaired) electrons. The van der Waals surface area contributed by atoms with Gasteiger partial charge in [0.2, 0.25) is 0 Å². The molecule has 2 aromatic heterocycles. The highest BCUT2D eigenvalue weighted by atomic mass is 32.1. The van der Waals surface area contributed by atoms with Crippen LogP contribution in [0.1, 0.15) is 44.9 Å². The summed E-state index contributed by atoms with van der Waals surface area (Å²) in [5, 5.41) is 4.35. The molecule has 0 aromatic carbocycles. The number of carbonyl (C=O) groups is 1. The van der Waals surface area contributed by atoms with E-state index in [2.05, 4.69) is 32.7 Å². The quantitative estimate of drug-likeness (QED) is 0.772. The predicted octanol–water partition coefficient (Wildman–Crippen LogP) is 4.04. The monoisotopic (exact) mass is 360 g/mol. The largest absolute Gasteiger partial charge is 0.335 e. The molecule has 0 unspecified atom stereocenters. The zero-order chi connectivity index (χ0) is 16.4. The van der Waals surface area contributed by atoms with Crippen LogP contribution in [0.3, 0.4) is 0 Å². The molecular weight excluding hydrogens is 336 g/mol. The van der Waals surface area contributed by atoms with Crippen LogP contribution in [0.15, 0.2) is 22.9 Å². The summed E-state index contributed by atoms with van der Waals surface area (Å²) in [6.45, 7) is 4.68. The summed E-state index contributed by atoms with van der Waals surface area (Å²) >= 11 is 3.51. The van der Waals surface area contributed by atoms with Gasteiger partial charge in [-0.2, -0.15) is 11.3 Å². The minimum atomic E-state index is 0.253. The molecule has 24 heavy (non-hydrogen) atoms. The smallest absolute Gasteiger partial charge is 0.264 e. The summed E-state index contributed by atoms with van der Waals surface area (Å²) in [6.07, 6.45) is 6.22. The van der Waals surface area contributed by atoms with Crippen molar-refractivity contribution in [3.8, 4) is 0 Å². The Morgan fingerprint density at radius 1 is 1.08 bits per heavy atom. The van der Waals surface area contributed by atoms with E-state index in [1.807, 2.05) is 0 Å². The van der Waals surface area contributed by atoms with Gasteiger partial charge in [0.25, 0.3) is 5.91 Å². The fraction of sp³-hybridized carbons (Fsp3) is 0.526. The van der Waals surface area contributed by atoms with Crippen molar-refractivity contribution < 1.29 is 4.79 Å². The van der Waals surface area contributed by atoms with Gasteiger partial charge in [-0.1, -0.05) is 6.42 Å². The van der Waals surface area contributed by atoms with Crippen LogP contribution in [0.4, 0.5) is 0 Å². The molecule has 0 saturated carbocycles. The molecule has 0 bridgehead atoms. The topological polar surface area (TPSA) is 23.6 Å². The van der Waals surface area contributed by atoms with Crippen LogP contribution in [0.5, 0.6) is 0 Å². The molecular formula is C19H24N2OS2. The van der Waals surface area contributed by atoms with Crippen LogP contribution < -0.4 is 0 Å². The van der Waals surface area contributed by atoms with E-state index in [-0.39, 0.29) is 5.91 Å². The van der Waals surface area contributed by atoms with Crippen molar-refractivity contribution in [2.45, 2.75) is 38.6 Å². The van der Waals surface area contributed by atoms with Gasteiger partial charge in [0.1, 0.15) is 0 Å². The van der Waals surface area contributed by atoms with E-state index in [4.69, 9.17) is 0 Å². The maximum Gasteiger partial charge on any atom is 0.264 e. The number of piperazine rings is 1. The number of fused-ring (bicyclic) bond motifs is 1. The zero-order valence-corrected chi connectivity index (χ0v) is 15.6. The third-order valence-electron chi connectivity index (χ3n) is 5.10. The molecule has 1 aliphatic carbocycles. The Balaban J connectivity index is 1.36. The fourth-order valence-corrected chi connectivity index (χ4v) is 5.56. The third-order valence-corrected chi connectivity index (χ3v) is 7.06.